The van der Waals surface area contributed by atoms with E-state index < -0.39 is 52.3 Å². The molecule has 0 aromatic heterocycles. The molecule has 56 heavy (non-hydrogen) atoms. The topological polar surface area (TPSA) is 180 Å². The number of carbonyl (C=O) groups excluding carboxylic acids is 2. The van der Waals surface area contributed by atoms with E-state index in [-0.39, 0.29) is 44.9 Å². The van der Waals surface area contributed by atoms with Gasteiger partial charge in [-0.2, -0.15) is 10.5 Å². The molecule has 298 valence electrons. The van der Waals surface area contributed by atoms with E-state index in [4.69, 9.17) is 9.47 Å². The average molecular weight is 802 g/mol. The Bertz CT molecular complexity index is 2090. The zero-order chi connectivity index (χ0) is 41.3. The van der Waals surface area contributed by atoms with Crippen LogP contribution in [0.2, 0.25) is 0 Å². The monoisotopic (exact) mass is 801 g/mol. The van der Waals surface area contributed by atoms with Gasteiger partial charge in [0.2, 0.25) is 19.7 Å². The van der Waals surface area contributed by atoms with Crippen molar-refractivity contribution in [2.75, 3.05) is 20.8 Å². The molecule has 1 N–H and O–H groups in total. The van der Waals surface area contributed by atoms with E-state index in [1.165, 1.54) is 24.3 Å². The van der Waals surface area contributed by atoms with Gasteiger partial charge in [0.1, 0.15) is 6.07 Å². The second kappa shape index (κ2) is 18.3. The van der Waals surface area contributed by atoms with Crippen LogP contribution in [0.1, 0.15) is 91.9 Å². The molecule has 11 nitrogen and oxygen atoms in total. The lowest BCUT2D eigenvalue weighted by atomic mass is 9.71. The smallest absolute Gasteiger partial charge is 0.350 e. The first-order valence-corrected chi connectivity index (χ1v) is 21.6. The summed E-state index contributed by atoms with van der Waals surface area (Å²) in [7, 11) is -6.32. The van der Waals surface area contributed by atoms with Crippen LogP contribution in [0.15, 0.2) is 114 Å². The lowest BCUT2D eigenvalue weighted by molar-refractivity contribution is -0.136. The maximum atomic E-state index is 13.8. The standard InChI is InChI=1S/C43H51N3O8S2/c1-42(2)24-30(35(28-44)33(25-42)38(40(47)53-5)55(49,50)31-19-13-10-14-20-31)18-12-8-7-9-17-23-46-37-27-43(3,4)26-34(36(37)29-45)39(41(48)54-6)56(51,52)32-21-15-11-16-22-32/h10-11,13-16,19-22,46H,7-9,12,17-18,23-27H2,1-6H3/b38-33+,39-34+. The van der Waals surface area contributed by atoms with Crippen LogP contribution in [0.3, 0.4) is 0 Å². The molecular formula is C43H51N3O8S2. The van der Waals surface area contributed by atoms with Crippen molar-refractivity contribution in [2.45, 2.75) is 102 Å². The molecule has 2 aromatic carbocycles. The van der Waals surface area contributed by atoms with E-state index in [2.05, 4.69) is 17.5 Å². The molecule has 2 aliphatic carbocycles. The third-order valence-corrected chi connectivity index (χ3v) is 13.8. The van der Waals surface area contributed by atoms with Crippen molar-refractivity contribution in [2.24, 2.45) is 10.8 Å². The normalized spacial score (nSPS) is 18.6. The highest BCUT2D eigenvalue weighted by molar-refractivity contribution is 7.96. The van der Waals surface area contributed by atoms with E-state index in [1.54, 1.807) is 36.4 Å². The maximum absolute atomic E-state index is 13.8. The summed E-state index contributed by atoms with van der Waals surface area (Å²) in [4.78, 5) is 25.0. The first-order chi connectivity index (χ1) is 26.4. The predicted octanol–water partition coefficient (Wildman–Crippen LogP) is 7.96. The summed E-state index contributed by atoms with van der Waals surface area (Å²) in [6.45, 7) is 8.45. The Hall–Kier alpha value is -4.98. The zero-order valence-corrected chi connectivity index (χ0v) is 34.7. The summed E-state index contributed by atoms with van der Waals surface area (Å²) < 4.78 is 65.0. The van der Waals surface area contributed by atoms with E-state index in [0.29, 0.717) is 31.5 Å². The largest absolute Gasteiger partial charge is 0.465 e. The lowest BCUT2D eigenvalue weighted by Gasteiger charge is -2.34. The third-order valence-electron chi connectivity index (χ3n) is 10.1. The minimum Gasteiger partial charge on any atom is -0.465 e. The highest BCUT2D eigenvalue weighted by atomic mass is 32.2. The van der Waals surface area contributed by atoms with Gasteiger partial charge in [-0.05, 0) is 91.2 Å². The molecule has 0 saturated heterocycles. The van der Waals surface area contributed by atoms with E-state index in [0.717, 1.165) is 51.9 Å². The molecule has 0 saturated carbocycles. The molecule has 4 rings (SSSR count). The number of benzene rings is 2. The predicted molar refractivity (Wildman–Crippen MR) is 212 cm³/mol. The molecule has 13 heteroatoms. The van der Waals surface area contributed by atoms with Gasteiger partial charge in [0.25, 0.3) is 0 Å². The number of unbranched alkanes of at least 4 members (excludes halogenated alkanes) is 4. The molecule has 2 aliphatic rings. The van der Waals surface area contributed by atoms with Crippen molar-refractivity contribution in [3.8, 4) is 12.1 Å². The van der Waals surface area contributed by atoms with Gasteiger partial charge in [0.05, 0.1) is 41.2 Å². The fourth-order valence-electron chi connectivity index (χ4n) is 7.56. The Morgan fingerprint density at radius 2 is 1.07 bits per heavy atom. The van der Waals surface area contributed by atoms with Gasteiger partial charge >= 0.3 is 11.9 Å². The van der Waals surface area contributed by atoms with Crippen molar-refractivity contribution >= 4 is 31.6 Å². The van der Waals surface area contributed by atoms with Gasteiger partial charge in [-0.3, -0.25) is 0 Å². The number of ether oxygens (including phenoxy) is 2. The first-order valence-electron chi connectivity index (χ1n) is 18.7. The van der Waals surface area contributed by atoms with Crippen molar-refractivity contribution in [1.29, 1.82) is 10.5 Å². The molecule has 2 aromatic rings. The Labute approximate surface area is 331 Å². The Morgan fingerprint density at radius 1 is 0.643 bits per heavy atom. The average Bonchev–Trinajstić information content (AvgIpc) is 3.15. The van der Waals surface area contributed by atoms with Crippen molar-refractivity contribution < 1.29 is 35.9 Å². The first kappa shape index (κ1) is 43.7. The molecule has 0 heterocycles. The number of nitriles is 2. The maximum Gasteiger partial charge on any atom is 0.350 e. The molecule has 0 unspecified atom stereocenters. The second-order valence-electron chi connectivity index (χ2n) is 15.8. The van der Waals surface area contributed by atoms with Crippen LogP contribution in [0.25, 0.3) is 0 Å². The number of methoxy groups -OCH3 is 2. The molecule has 0 bridgehead atoms. The summed E-state index contributed by atoms with van der Waals surface area (Å²) in [6.07, 6.45) is 6.19. The molecule has 0 fully saturated rings. The molecule has 0 amide bonds. The van der Waals surface area contributed by atoms with E-state index >= 15 is 0 Å². The van der Waals surface area contributed by atoms with Crippen molar-refractivity contribution in [3.63, 3.8) is 0 Å². The van der Waals surface area contributed by atoms with Crippen molar-refractivity contribution in [1.82, 2.24) is 5.32 Å². The molecule has 0 radical (unpaired) electrons. The van der Waals surface area contributed by atoms with Crippen LogP contribution in [-0.4, -0.2) is 49.5 Å². The summed E-state index contributed by atoms with van der Waals surface area (Å²) in [5.41, 5.74) is 1.29. The fourth-order valence-corrected chi connectivity index (χ4v) is 10.7. The molecular weight excluding hydrogens is 751 g/mol. The SMILES string of the molecule is COC(=O)/C(=C1/CC(C)(C)CC(CCCCCCCNC2=C(C#N)/C(=C(\C(=O)OC)S(=O)(=O)c3ccccc3)CC(C)(C)C2)=C1C#N)S(=O)(=O)c1ccccc1. The zero-order valence-electron chi connectivity index (χ0n) is 33.0. The number of allylic oxidation sites excluding steroid dienone is 6. The number of esters is 2. The van der Waals surface area contributed by atoms with Crippen LogP contribution < -0.4 is 5.32 Å². The van der Waals surface area contributed by atoms with E-state index in [1.807, 2.05) is 27.7 Å². The van der Waals surface area contributed by atoms with Gasteiger partial charge in [-0.15, -0.1) is 0 Å². The number of nitrogens with zero attached hydrogens (tertiary/aromatic N) is 2. The van der Waals surface area contributed by atoms with Crippen molar-refractivity contribution in [3.05, 3.63) is 104 Å². The number of nitrogens with one attached hydrogen (secondary N) is 1. The molecule has 0 spiro atoms. The summed E-state index contributed by atoms with van der Waals surface area (Å²) in [6, 6.07) is 19.7. The van der Waals surface area contributed by atoms with Crippen LogP contribution in [0.5, 0.6) is 0 Å². The Balaban J connectivity index is 1.48. The van der Waals surface area contributed by atoms with E-state index in [9.17, 15) is 36.9 Å². The quantitative estimate of drug-likeness (QED) is 0.105. The van der Waals surface area contributed by atoms with Gasteiger partial charge in [0.15, 0.2) is 9.81 Å². The van der Waals surface area contributed by atoms with Gasteiger partial charge in [0, 0.05) is 12.2 Å². The Kier molecular flexibility index (Phi) is 14.3. The van der Waals surface area contributed by atoms with Gasteiger partial charge < -0.3 is 14.8 Å². The number of carbonyl (C=O) groups is 2. The van der Waals surface area contributed by atoms with Crippen LogP contribution >= 0.6 is 0 Å². The Morgan fingerprint density at radius 3 is 1.54 bits per heavy atom. The molecule has 0 aliphatic heterocycles. The lowest BCUT2D eigenvalue weighted by Crippen LogP contribution is -2.30. The van der Waals surface area contributed by atoms with Gasteiger partial charge in [-0.1, -0.05) is 88.9 Å². The van der Waals surface area contributed by atoms with Crippen LogP contribution in [-0.2, 0) is 38.7 Å². The highest BCUT2D eigenvalue weighted by Crippen LogP contribution is 2.46. The summed E-state index contributed by atoms with van der Waals surface area (Å²) in [5.74, 6) is -2.01. The number of hydrogen-bond acceptors (Lipinski definition) is 11. The minimum atomic E-state index is -4.30. The molecule has 0 atom stereocenters. The summed E-state index contributed by atoms with van der Waals surface area (Å²) in [5, 5.41) is 24.0. The summed E-state index contributed by atoms with van der Waals surface area (Å²) >= 11 is 0. The van der Waals surface area contributed by atoms with Crippen LogP contribution in [0.4, 0.5) is 0 Å². The minimum absolute atomic E-state index is 0.0456. The van der Waals surface area contributed by atoms with Crippen LogP contribution in [0, 0.1) is 33.5 Å². The van der Waals surface area contributed by atoms with Gasteiger partial charge in [-0.25, -0.2) is 26.4 Å². The third kappa shape index (κ3) is 10.1. The number of sulfone groups is 2. The number of hydrogen-bond donors (Lipinski definition) is 1. The highest BCUT2D eigenvalue weighted by Gasteiger charge is 2.41. The number of rotatable bonds is 15. The second-order valence-corrected chi connectivity index (χ2v) is 19.5. The fraction of sp³-hybridized carbons (Fsp3) is 0.442.